The Kier molecular flexibility index (Phi) is 4.36. The van der Waals surface area contributed by atoms with Crippen molar-refractivity contribution in [3.63, 3.8) is 0 Å². The summed E-state index contributed by atoms with van der Waals surface area (Å²) in [6, 6.07) is 11.0. The number of morpholine rings is 1. The third kappa shape index (κ3) is 3.17. The zero-order valence-corrected chi connectivity index (χ0v) is 12.8. The highest BCUT2D eigenvalue weighted by Gasteiger charge is 2.20. The van der Waals surface area contributed by atoms with E-state index in [2.05, 4.69) is 48.3 Å². The van der Waals surface area contributed by atoms with Crippen LogP contribution in [0.3, 0.4) is 0 Å². The molecule has 1 N–H and O–H groups in total. The van der Waals surface area contributed by atoms with E-state index in [4.69, 9.17) is 9.72 Å². The molecule has 2 aromatic rings. The Morgan fingerprint density at radius 3 is 3.05 bits per heavy atom. The van der Waals surface area contributed by atoms with Crippen molar-refractivity contribution in [2.75, 3.05) is 31.6 Å². The molecule has 1 saturated heterocycles. The van der Waals surface area contributed by atoms with Crippen molar-refractivity contribution in [3.05, 3.63) is 35.9 Å². The molecule has 112 valence electrons. The molecule has 1 fully saturated rings. The third-order valence-corrected chi connectivity index (χ3v) is 4.03. The Labute approximate surface area is 126 Å². The van der Waals surface area contributed by atoms with Crippen molar-refractivity contribution < 1.29 is 4.74 Å². The van der Waals surface area contributed by atoms with E-state index in [1.54, 1.807) is 0 Å². The highest BCUT2D eigenvalue weighted by Crippen LogP contribution is 2.23. The minimum Gasteiger partial charge on any atom is -0.379 e. The second kappa shape index (κ2) is 6.41. The van der Waals surface area contributed by atoms with Gasteiger partial charge in [-0.05, 0) is 26.0 Å². The van der Waals surface area contributed by atoms with E-state index in [9.17, 15) is 0 Å². The van der Waals surface area contributed by atoms with Gasteiger partial charge in [0.15, 0.2) is 0 Å². The maximum Gasteiger partial charge on any atom is 0.131 e. The van der Waals surface area contributed by atoms with Crippen molar-refractivity contribution >= 4 is 16.7 Å². The molecular weight excluding hydrogens is 262 g/mol. The Morgan fingerprint density at radius 1 is 1.38 bits per heavy atom. The number of para-hydroxylation sites is 1. The van der Waals surface area contributed by atoms with Crippen LogP contribution in [0.25, 0.3) is 10.9 Å². The van der Waals surface area contributed by atoms with Crippen molar-refractivity contribution in [3.8, 4) is 0 Å². The summed E-state index contributed by atoms with van der Waals surface area (Å²) in [6.07, 6.45) is 0. The molecule has 1 atom stereocenters. The standard InChI is InChI=1S/C17H23N3O/c1-3-18-17-15(11-20-8-9-21-12-13(20)2)10-14-6-4-5-7-16(14)19-17/h4-7,10,13H,3,8-9,11-12H2,1-2H3,(H,18,19). The van der Waals surface area contributed by atoms with Gasteiger partial charge in [0.1, 0.15) is 5.82 Å². The molecule has 4 nitrogen and oxygen atoms in total. The molecule has 0 bridgehead atoms. The molecule has 0 saturated carbocycles. The van der Waals surface area contributed by atoms with Crippen LogP contribution in [0.2, 0.25) is 0 Å². The first-order valence-electron chi connectivity index (χ1n) is 7.72. The van der Waals surface area contributed by atoms with E-state index < -0.39 is 0 Å². The average molecular weight is 285 g/mol. The molecule has 0 aliphatic carbocycles. The number of hydrogen-bond acceptors (Lipinski definition) is 4. The van der Waals surface area contributed by atoms with Gasteiger partial charge in [0.25, 0.3) is 0 Å². The lowest BCUT2D eigenvalue weighted by atomic mass is 10.1. The first kappa shape index (κ1) is 14.3. The highest BCUT2D eigenvalue weighted by atomic mass is 16.5. The van der Waals surface area contributed by atoms with Crippen molar-refractivity contribution in [2.45, 2.75) is 26.4 Å². The minimum absolute atomic E-state index is 0.458. The fourth-order valence-corrected chi connectivity index (χ4v) is 2.82. The SMILES string of the molecule is CCNc1nc2ccccc2cc1CN1CCOCC1C. The van der Waals surface area contributed by atoms with Gasteiger partial charge < -0.3 is 10.1 Å². The summed E-state index contributed by atoms with van der Waals surface area (Å²) in [6.45, 7) is 8.76. The summed E-state index contributed by atoms with van der Waals surface area (Å²) in [7, 11) is 0. The predicted octanol–water partition coefficient (Wildman–Crippen LogP) is 2.89. The van der Waals surface area contributed by atoms with Gasteiger partial charge in [-0.1, -0.05) is 18.2 Å². The first-order valence-corrected chi connectivity index (χ1v) is 7.72. The maximum atomic E-state index is 5.52. The van der Waals surface area contributed by atoms with Crippen LogP contribution in [0.5, 0.6) is 0 Å². The smallest absolute Gasteiger partial charge is 0.131 e. The molecule has 0 spiro atoms. The number of fused-ring (bicyclic) bond motifs is 1. The molecule has 0 amide bonds. The molecule has 2 heterocycles. The Hall–Kier alpha value is -1.65. The van der Waals surface area contributed by atoms with E-state index in [1.807, 2.05) is 6.07 Å². The lowest BCUT2D eigenvalue weighted by Crippen LogP contribution is -2.43. The Balaban J connectivity index is 1.92. The molecule has 1 aromatic heterocycles. The fourth-order valence-electron chi connectivity index (χ4n) is 2.82. The molecule has 4 heteroatoms. The van der Waals surface area contributed by atoms with Crippen LogP contribution in [0.1, 0.15) is 19.4 Å². The Morgan fingerprint density at radius 2 is 2.24 bits per heavy atom. The lowest BCUT2D eigenvalue weighted by molar-refractivity contribution is -0.00430. The second-order valence-corrected chi connectivity index (χ2v) is 5.61. The van der Waals surface area contributed by atoms with Crippen molar-refractivity contribution in [2.24, 2.45) is 0 Å². The summed E-state index contributed by atoms with van der Waals surface area (Å²) in [5.74, 6) is 1.01. The number of aromatic nitrogens is 1. The number of anilines is 1. The summed E-state index contributed by atoms with van der Waals surface area (Å²) in [4.78, 5) is 7.25. The van der Waals surface area contributed by atoms with E-state index >= 15 is 0 Å². The number of pyridine rings is 1. The molecule has 1 aliphatic rings. The van der Waals surface area contributed by atoms with Crippen LogP contribution in [-0.4, -0.2) is 42.2 Å². The molecule has 1 aliphatic heterocycles. The maximum absolute atomic E-state index is 5.52. The second-order valence-electron chi connectivity index (χ2n) is 5.61. The normalized spacial score (nSPS) is 19.8. The van der Waals surface area contributed by atoms with Crippen molar-refractivity contribution in [1.82, 2.24) is 9.88 Å². The molecule has 3 rings (SSSR count). The van der Waals surface area contributed by atoms with Gasteiger partial charge in [-0.15, -0.1) is 0 Å². The number of nitrogens with one attached hydrogen (secondary N) is 1. The molecule has 21 heavy (non-hydrogen) atoms. The lowest BCUT2D eigenvalue weighted by Gasteiger charge is -2.33. The van der Waals surface area contributed by atoms with Crippen LogP contribution in [0, 0.1) is 0 Å². The minimum atomic E-state index is 0.458. The largest absolute Gasteiger partial charge is 0.379 e. The van der Waals surface area contributed by atoms with Crippen LogP contribution >= 0.6 is 0 Å². The summed E-state index contributed by atoms with van der Waals surface area (Å²) in [5, 5.41) is 4.61. The quantitative estimate of drug-likeness (QED) is 0.937. The fraction of sp³-hybridized carbons (Fsp3) is 0.471. The summed E-state index contributed by atoms with van der Waals surface area (Å²) in [5.41, 5.74) is 2.32. The molecule has 1 unspecified atom stereocenters. The van der Waals surface area contributed by atoms with Crippen molar-refractivity contribution in [1.29, 1.82) is 0 Å². The van der Waals surface area contributed by atoms with Gasteiger partial charge in [0, 0.05) is 36.6 Å². The first-order chi connectivity index (χ1) is 10.3. The van der Waals surface area contributed by atoms with Crippen LogP contribution in [0.15, 0.2) is 30.3 Å². The zero-order chi connectivity index (χ0) is 14.7. The van der Waals surface area contributed by atoms with Crippen LogP contribution in [0.4, 0.5) is 5.82 Å². The third-order valence-electron chi connectivity index (χ3n) is 4.03. The van der Waals surface area contributed by atoms with Gasteiger partial charge in [0.05, 0.1) is 18.7 Å². The van der Waals surface area contributed by atoms with E-state index in [0.29, 0.717) is 6.04 Å². The number of rotatable bonds is 4. The van der Waals surface area contributed by atoms with E-state index in [0.717, 1.165) is 44.2 Å². The van der Waals surface area contributed by atoms with Gasteiger partial charge in [-0.2, -0.15) is 0 Å². The Bertz CT molecular complexity index is 614. The zero-order valence-electron chi connectivity index (χ0n) is 12.8. The summed E-state index contributed by atoms with van der Waals surface area (Å²) < 4.78 is 5.52. The van der Waals surface area contributed by atoms with Gasteiger partial charge in [-0.25, -0.2) is 4.98 Å². The average Bonchev–Trinajstić information content (AvgIpc) is 2.50. The van der Waals surface area contributed by atoms with Crippen LogP contribution < -0.4 is 5.32 Å². The van der Waals surface area contributed by atoms with E-state index in [-0.39, 0.29) is 0 Å². The highest BCUT2D eigenvalue weighted by molar-refractivity contribution is 5.81. The number of nitrogens with zero attached hydrogens (tertiary/aromatic N) is 2. The predicted molar refractivity (Wildman–Crippen MR) is 86.6 cm³/mol. The van der Waals surface area contributed by atoms with E-state index in [1.165, 1.54) is 10.9 Å². The van der Waals surface area contributed by atoms with Gasteiger partial charge >= 0.3 is 0 Å². The topological polar surface area (TPSA) is 37.4 Å². The molecular formula is C17H23N3O. The van der Waals surface area contributed by atoms with Gasteiger partial charge in [-0.3, -0.25) is 4.90 Å². The number of hydrogen-bond donors (Lipinski definition) is 1. The number of ether oxygens (including phenoxy) is 1. The monoisotopic (exact) mass is 285 g/mol. The van der Waals surface area contributed by atoms with Crippen LogP contribution in [-0.2, 0) is 11.3 Å². The van der Waals surface area contributed by atoms with Gasteiger partial charge in [0.2, 0.25) is 0 Å². The molecule has 0 radical (unpaired) electrons. The molecule has 1 aromatic carbocycles. The summed E-state index contributed by atoms with van der Waals surface area (Å²) >= 11 is 0. The number of benzene rings is 1.